The fraction of sp³-hybridized carbons (Fsp3) is 0.421. The van der Waals surface area contributed by atoms with Crippen LogP contribution in [0.15, 0.2) is 60.8 Å². The molecule has 0 unspecified atom stereocenters. The zero-order chi connectivity index (χ0) is 32.8. The number of nitrogens with zero attached hydrogens (tertiary/aromatic N) is 4. The summed E-state index contributed by atoms with van der Waals surface area (Å²) in [6.07, 6.45) is 9.36. The van der Waals surface area contributed by atoms with Crippen LogP contribution in [-0.4, -0.2) is 69.8 Å². The molecule has 46 heavy (non-hydrogen) atoms. The average molecular weight is 662 g/mol. The van der Waals surface area contributed by atoms with Gasteiger partial charge in [0.2, 0.25) is 0 Å². The summed E-state index contributed by atoms with van der Waals surface area (Å²) in [5.41, 5.74) is 8.15. The first kappa shape index (κ1) is 34.2. The van der Waals surface area contributed by atoms with Gasteiger partial charge in [-0.05, 0) is 118 Å². The fourth-order valence-corrected chi connectivity index (χ4v) is 7.17. The van der Waals surface area contributed by atoms with E-state index in [-0.39, 0.29) is 11.6 Å². The maximum absolute atomic E-state index is 12.7. The Morgan fingerprint density at radius 3 is 1.61 bits per heavy atom. The maximum Gasteiger partial charge on any atom is 0.193 e. The van der Waals surface area contributed by atoms with Crippen LogP contribution in [0.3, 0.4) is 0 Å². The summed E-state index contributed by atoms with van der Waals surface area (Å²) in [6.45, 7) is 9.32. The zero-order valence-corrected chi connectivity index (χ0v) is 29.1. The van der Waals surface area contributed by atoms with Gasteiger partial charge in [-0.25, -0.2) is 0 Å². The third-order valence-corrected chi connectivity index (χ3v) is 9.82. The highest BCUT2D eigenvalue weighted by molar-refractivity contribution is 6.31. The molecule has 0 bridgehead atoms. The molecular formula is C38H46Cl2N4O2. The van der Waals surface area contributed by atoms with Gasteiger partial charge in [-0.3, -0.25) is 19.4 Å². The Labute approximate surface area is 283 Å². The van der Waals surface area contributed by atoms with Gasteiger partial charge in [0.1, 0.15) is 0 Å². The lowest BCUT2D eigenvalue weighted by Gasteiger charge is -2.25. The minimum absolute atomic E-state index is 0.206. The molecule has 6 nitrogen and oxygen atoms in total. The van der Waals surface area contributed by atoms with Crippen LogP contribution in [0.4, 0.5) is 0 Å². The van der Waals surface area contributed by atoms with Crippen molar-refractivity contribution in [2.45, 2.75) is 52.4 Å². The number of carbonyl (C=O) groups is 2. The summed E-state index contributed by atoms with van der Waals surface area (Å²) < 4.78 is 4.06. The third-order valence-electron chi connectivity index (χ3n) is 9.31. The number of halogens is 2. The summed E-state index contributed by atoms with van der Waals surface area (Å²) in [7, 11) is 3.97. The molecule has 0 N–H and O–H groups in total. The van der Waals surface area contributed by atoms with Crippen molar-refractivity contribution >= 4 is 34.8 Å². The minimum Gasteiger partial charge on any atom is -0.350 e. The van der Waals surface area contributed by atoms with Crippen molar-refractivity contribution in [2.75, 3.05) is 39.3 Å². The quantitative estimate of drug-likeness (QED) is 0.178. The monoisotopic (exact) mass is 660 g/mol. The van der Waals surface area contributed by atoms with Crippen molar-refractivity contribution < 1.29 is 9.59 Å². The summed E-state index contributed by atoms with van der Waals surface area (Å²) in [6, 6.07) is 17.6. The number of hydrogen-bond donors (Lipinski definition) is 0. The number of Topliss-reactive ketones (excluding diaryl/α,β-unsaturated/α-hetero) is 2. The van der Waals surface area contributed by atoms with Gasteiger partial charge in [0.15, 0.2) is 11.6 Å². The van der Waals surface area contributed by atoms with Crippen LogP contribution in [0.5, 0.6) is 0 Å². The number of hydrogen-bond acceptors (Lipinski definition) is 4. The van der Waals surface area contributed by atoms with Gasteiger partial charge in [0.05, 0.1) is 30.2 Å². The molecule has 2 aromatic heterocycles. The first-order valence-electron chi connectivity index (χ1n) is 16.5. The van der Waals surface area contributed by atoms with Crippen LogP contribution in [-0.2, 0) is 14.1 Å². The predicted molar refractivity (Wildman–Crippen MR) is 190 cm³/mol. The molecule has 4 heterocycles. The van der Waals surface area contributed by atoms with Gasteiger partial charge in [-0.15, -0.1) is 0 Å². The van der Waals surface area contributed by atoms with E-state index in [4.69, 9.17) is 23.2 Å². The van der Waals surface area contributed by atoms with Crippen LogP contribution in [0.25, 0.3) is 22.5 Å². The molecule has 0 radical (unpaired) electrons. The van der Waals surface area contributed by atoms with E-state index in [9.17, 15) is 9.59 Å². The number of aromatic nitrogens is 2. The highest BCUT2D eigenvalue weighted by Crippen LogP contribution is 2.30. The molecule has 4 aromatic rings. The molecule has 8 heteroatoms. The highest BCUT2D eigenvalue weighted by atomic mass is 35.5. The second-order valence-corrected chi connectivity index (χ2v) is 13.7. The van der Waals surface area contributed by atoms with E-state index in [2.05, 4.69) is 16.7 Å². The number of aryl methyl sites for hydroxylation is 2. The normalized spacial score (nSPS) is 15.8. The topological polar surface area (TPSA) is 50.5 Å². The number of benzene rings is 2. The van der Waals surface area contributed by atoms with Gasteiger partial charge >= 0.3 is 0 Å². The lowest BCUT2D eigenvalue weighted by Crippen LogP contribution is -2.35. The third kappa shape index (κ3) is 8.21. The number of piperidine rings is 2. The van der Waals surface area contributed by atoms with E-state index in [1.807, 2.05) is 90.9 Å². The molecule has 0 amide bonds. The number of rotatable bonds is 8. The van der Waals surface area contributed by atoms with Crippen LogP contribution in [0, 0.1) is 13.8 Å². The Morgan fingerprint density at radius 2 is 1.11 bits per heavy atom. The maximum atomic E-state index is 12.7. The number of carbonyl (C=O) groups excluding carboxylic acids is 2. The number of ketones is 2. The molecule has 2 aliphatic heterocycles. The standard InChI is InChI=1S/2C19H23ClN2O/c1-14-17(18(23)13-22-10-4-3-5-11-22)12-21(2)19(14)15-6-8-16(20)9-7-15;1-14-12-17(18(23)13-22-10-4-3-5-11-22)21(2)19(14)15-6-8-16(20)9-7-15/h2*6-9,12H,3-5,10-11,13H2,1-2H3. The van der Waals surface area contributed by atoms with Gasteiger partial charge in [0.25, 0.3) is 0 Å². The van der Waals surface area contributed by atoms with Crippen molar-refractivity contribution in [2.24, 2.45) is 14.1 Å². The molecule has 244 valence electrons. The highest BCUT2D eigenvalue weighted by Gasteiger charge is 2.22. The van der Waals surface area contributed by atoms with Crippen LogP contribution in [0.1, 0.15) is 70.5 Å². The zero-order valence-electron chi connectivity index (χ0n) is 27.6. The molecule has 0 saturated carbocycles. The predicted octanol–water partition coefficient (Wildman–Crippen LogP) is 8.65. The Balaban J connectivity index is 0.000000181. The second-order valence-electron chi connectivity index (χ2n) is 12.8. The summed E-state index contributed by atoms with van der Waals surface area (Å²) in [5, 5.41) is 1.45. The fourth-order valence-electron chi connectivity index (χ4n) is 6.92. The van der Waals surface area contributed by atoms with E-state index in [0.29, 0.717) is 13.1 Å². The molecular weight excluding hydrogens is 615 g/mol. The van der Waals surface area contributed by atoms with E-state index in [0.717, 1.165) is 81.1 Å². The smallest absolute Gasteiger partial charge is 0.193 e. The van der Waals surface area contributed by atoms with Gasteiger partial charge < -0.3 is 9.13 Å². The van der Waals surface area contributed by atoms with E-state index in [1.165, 1.54) is 38.5 Å². The van der Waals surface area contributed by atoms with Gasteiger partial charge in [0, 0.05) is 35.9 Å². The first-order chi connectivity index (χ1) is 22.1. The number of likely N-dealkylation sites (tertiary alicyclic amines) is 2. The molecule has 2 saturated heterocycles. The molecule has 0 spiro atoms. The largest absolute Gasteiger partial charge is 0.350 e. The van der Waals surface area contributed by atoms with Gasteiger partial charge in [-0.2, -0.15) is 0 Å². The van der Waals surface area contributed by atoms with E-state index in [1.54, 1.807) is 0 Å². The summed E-state index contributed by atoms with van der Waals surface area (Å²) in [5.74, 6) is 0.429. The SMILES string of the molecule is Cc1c(C(=O)CN2CCCCC2)cn(C)c1-c1ccc(Cl)cc1.Cc1cc(C(=O)CN2CCCCC2)n(C)c1-c1ccc(Cl)cc1. The van der Waals surface area contributed by atoms with Crippen LogP contribution >= 0.6 is 23.2 Å². The molecule has 0 aliphatic carbocycles. The second kappa shape index (κ2) is 15.6. The Morgan fingerprint density at radius 1 is 0.652 bits per heavy atom. The Bertz CT molecular complexity index is 1520. The molecule has 2 fully saturated rings. The summed E-state index contributed by atoms with van der Waals surface area (Å²) >= 11 is 12.0. The van der Waals surface area contributed by atoms with E-state index >= 15 is 0 Å². The van der Waals surface area contributed by atoms with Crippen molar-refractivity contribution in [3.8, 4) is 22.5 Å². The molecule has 2 aliphatic rings. The minimum atomic E-state index is 0.206. The molecule has 2 aromatic carbocycles. The lowest BCUT2D eigenvalue weighted by atomic mass is 10.0. The Hall–Kier alpha value is -3.16. The van der Waals surface area contributed by atoms with E-state index < -0.39 is 0 Å². The summed E-state index contributed by atoms with van der Waals surface area (Å²) in [4.78, 5) is 30.0. The molecule has 0 atom stereocenters. The van der Waals surface area contributed by atoms with Crippen molar-refractivity contribution in [1.82, 2.24) is 18.9 Å². The van der Waals surface area contributed by atoms with Crippen molar-refractivity contribution in [3.63, 3.8) is 0 Å². The average Bonchev–Trinajstić information content (AvgIpc) is 3.52. The Kier molecular flexibility index (Phi) is 11.6. The van der Waals surface area contributed by atoms with Crippen molar-refractivity contribution in [1.29, 1.82) is 0 Å². The lowest BCUT2D eigenvalue weighted by molar-refractivity contribution is 0.0903. The molecule has 6 rings (SSSR count). The van der Waals surface area contributed by atoms with Gasteiger partial charge in [-0.1, -0.05) is 60.3 Å². The van der Waals surface area contributed by atoms with Crippen LogP contribution in [0.2, 0.25) is 10.0 Å². The van der Waals surface area contributed by atoms with Crippen LogP contribution < -0.4 is 0 Å². The van der Waals surface area contributed by atoms with Crippen molar-refractivity contribution in [3.05, 3.63) is 93.2 Å². The first-order valence-corrected chi connectivity index (χ1v) is 17.2.